The molecule has 1 aliphatic carbocycles. The van der Waals surface area contributed by atoms with Gasteiger partial charge in [-0.2, -0.15) is 0 Å². The topological polar surface area (TPSA) is 113 Å². The van der Waals surface area contributed by atoms with E-state index in [-0.39, 0.29) is 16.6 Å². The molecule has 7 nitrogen and oxygen atoms in total. The minimum atomic E-state index is -4.10. The Morgan fingerprint density at radius 1 is 1.00 bits per heavy atom. The second-order valence-corrected chi connectivity index (χ2v) is 11.5. The van der Waals surface area contributed by atoms with Crippen molar-refractivity contribution in [2.24, 2.45) is 5.92 Å². The van der Waals surface area contributed by atoms with Gasteiger partial charge in [0.2, 0.25) is 10.0 Å². The molecule has 0 spiro atoms. The number of hydrogen-bond acceptors (Lipinski definition) is 5. The maximum atomic E-state index is 12.8. The van der Waals surface area contributed by atoms with E-state index in [1.54, 1.807) is 25.1 Å². The summed E-state index contributed by atoms with van der Waals surface area (Å²) in [6.07, 6.45) is 3.23. The van der Waals surface area contributed by atoms with Crippen molar-refractivity contribution in [2.75, 3.05) is 4.72 Å². The van der Waals surface area contributed by atoms with Crippen molar-refractivity contribution in [1.82, 2.24) is 4.72 Å². The molecule has 1 aliphatic rings. The first-order chi connectivity index (χ1) is 14.0. The van der Waals surface area contributed by atoms with Crippen LogP contribution in [0.15, 0.2) is 46.2 Å². The summed E-state index contributed by atoms with van der Waals surface area (Å²) in [5, 5.41) is 10.5. The van der Waals surface area contributed by atoms with Crippen LogP contribution in [0.25, 0.3) is 0 Å². The normalized spacial score (nSPS) is 20.1. The molecule has 0 bridgehead atoms. The van der Waals surface area contributed by atoms with E-state index in [4.69, 9.17) is 11.6 Å². The first-order valence-corrected chi connectivity index (χ1v) is 13.0. The van der Waals surface area contributed by atoms with Gasteiger partial charge in [-0.1, -0.05) is 24.6 Å². The van der Waals surface area contributed by atoms with Gasteiger partial charge in [0, 0.05) is 11.1 Å². The van der Waals surface area contributed by atoms with Gasteiger partial charge < -0.3 is 5.11 Å². The fourth-order valence-corrected chi connectivity index (χ4v) is 6.28. The van der Waals surface area contributed by atoms with Crippen molar-refractivity contribution in [3.05, 3.63) is 47.0 Å². The molecule has 0 radical (unpaired) electrons. The van der Waals surface area contributed by atoms with Crippen LogP contribution in [0.5, 0.6) is 5.75 Å². The van der Waals surface area contributed by atoms with Gasteiger partial charge in [-0.05, 0) is 74.4 Å². The molecule has 3 N–H and O–H groups in total. The van der Waals surface area contributed by atoms with Crippen LogP contribution in [0, 0.1) is 12.8 Å². The average molecular weight is 473 g/mol. The van der Waals surface area contributed by atoms with E-state index in [2.05, 4.69) is 16.4 Å². The van der Waals surface area contributed by atoms with Crippen LogP contribution in [0.3, 0.4) is 0 Å². The molecule has 10 heteroatoms. The zero-order chi connectivity index (χ0) is 22.1. The van der Waals surface area contributed by atoms with E-state index < -0.39 is 30.7 Å². The smallest absolute Gasteiger partial charge is 0.261 e. The predicted molar refractivity (Wildman–Crippen MR) is 117 cm³/mol. The highest BCUT2D eigenvalue weighted by Gasteiger charge is 2.28. The Balaban J connectivity index is 1.89. The Kier molecular flexibility index (Phi) is 6.66. The quantitative estimate of drug-likeness (QED) is 0.587. The van der Waals surface area contributed by atoms with Gasteiger partial charge >= 0.3 is 0 Å². The van der Waals surface area contributed by atoms with Crippen LogP contribution in [0.1, 0.15) is 38.2 Å². The summed E-state index contributed by atoms with van der Waals surface area (Å²) < 4.78 is 56.3. The highest BCUT2D eigenvalue weighted by molar-refractivity contribution is 7.93. The van der Waals surface area contributed by atoms with Gasteiger partial charge in [0.05, 0.1) is 10.6 Å². The van der Waals surface area contributed by atoms with E-state index in [0.717, 1.165) is 31.0 Å². The van der Waals surface area contributed by atoms with Crippen LogP contribution in [-0.2, 0) is 20.0 Å². The lowest BCUT2D eigenvalue weighted by molar-refractivity contribution is 0.331. The van der Waals surface area contributed by atoms with Gasteiger partial charge in [-0.3, -0.25) is 4.72 Å². The summed E-state index contributed by atoms with van der Waals surface area (Å²) in [5.74, 6) is 0.0400. The molecule has 0 atom stereocenters. The largest absolute Gasteiger partial charge is 0.507 e. The van der Waals surface area contributed by atoms with Crippen LogP contribution in [-0.4, -0.2) is 28.0 Å². The number of nitrogens with one attached hydrogen (secondary N) is 2. The summed E-state index contributed by atoms with van der Waals surface area (Å²) in [6, 6.07) is 7.74. The molecule has 0 aliphatic heterocycles. The second-order valence-electron chi connectivity index (χ2n) is 7.73. The third-order valence-electron chi connectivity index (χ3n) is 5.38. The number of anilines is 1. The highest BCUT2D eigenvalue weighted by Crippen LogP contribution is 2.30. The van der Waals surface area contributed by atoms with Gasteiger partial charge in [-0.15, -0.1) is 0 Å². The van der Waals surface area contributed by atoms with Crippen molar-refractivity contribution < 1.29 is 21.9 Å². The van der Waals surface area contributed by atoms with Crippen molar-refractivity contribution >= 4 is 37.3 Å². The number of halogens is 1. The van der Waals surface area contributed by atoms with E-state index in [1.165, 1.54) is 0 Å². The third kappa shape index (κ3) is 5.08. The van der Waals surface area contributed by atoms with Crippen molar-refractivity contribution in [2.45, 2.75) is 55.4 Å². The molecule has 30 heavy (non-hydrogen) atoms. The van der Waals surface area contributed by atoms with Gasteiger partial charge in [-0.25, -0.2) is 21.6 Å². The number of phenolic OH excluding ortho intramolecular Hbond substituents is 1. The molecule has 0 aromatic heterocycles. The number of sulfonamides is 2. The molecule has 2 aromatic carbocycles. The minimum absolute atomic E-state index is 0.238. The maximum Gasteiger partial charge on any atom is 0.261 e. The molecule has 0 saturated heterocycles. The van der Waals surface area contributed by atoms with Gasteiger partial charge in [0.1, 0.15) is 10.6 Å². The summed E-state index contributed by atoms with van der Waals surface area (Å²) >= 11 is 6.04. The molecular formula is C20H25ClN2O5S2. The number of phenols is 1. The molecule has 0 unspecified atom stereocenters. The van der Waals surface area contributed by atoms with Gasteiger partial charge in [0.15, 0.2) is 0 Å². The molecule has 1 saturated carbocycles. The lowest BCUT2D eigenvalue weighted by atomic mass is 9.88. The van der Waals surface area contributed by atoms with Crippen molar-refractivity contribution in [1.29, 1.82) is 0 Å². The Morgan fingerprint density at radius 2 is 1.67 bits per heavy atom. The Bertz CT molecular complexity index is 1140. The van der Waals surface area contributed by atoms with Crippen LogP contribution in [0.2, 0.25) is 5.02 Å². The number of rotatable bonds is 6. The third-order valence-corrected chi connectivity index (χ3v) is 8.70. The average Bonchev–Trinajstić information content (AvgIpc) is 2.67. The lowest BCUT2D eigenvalue weighted by Crippen LogP contribution is -2.37. The number of aromatic hydroxyl groups is 1. The molecule has 2 aromatic rings. The second kappa shape index (κ2) is 8.74. The fraction of sp³-hybridized carbons (Fsp3) is 0.400. The lowest BCUT2D eigenvalue weighted by Gasteiger charge is -2.26. The first kappa shape index (κ1) is 22.9. The summed E-state index contributed by atoms with van der Waals surface area (Å²) in [4.78, 5) is -0.746. The summed E-state index contributed by atoms with van der Waals surface area (Å²) in [5.41, 5.74) is 0.831. The number of benzene rings is 2. The van der Waals surface area contributed by atoms with E-state index in [0.29, 0.717) is 29.3 Å². The number of hydrogen-bond donors (Lipinski definition) is 3. The fourth-order valence-electron chi connectivity index (χ4n) is 3.46. The SMILES string of the molecule is Cc1c(Cl)cccc1NS(=O)(=O)c1ccc(O)c(S(=O)(=O)NC2CCC(C)CC2)c1. The zero-order valence-electron chi connectivity index (χ0n) is 16.7. The molecule has 3 rings (SSSR count). The molecule has 1 fully saturated rings. The van der Waals surface area contributed by atoms with Gasteiger partial charge in [0.25, 0.3) is 10.0 Å². The zero-order valence-corrected chi connectivity index (χ0v) is 19.1. The summed E-state index contributed by atoms with van der Waals surface area (Å²) in [6.45, 7) is 3.79. The first-order valence-electron chi connectivity index (χ1n) is 9.63. The molecule has 0 amide bonds. The molecule has 164 valence electrons. The van der Waals surface area contributed by atoms with Crippen LogP contribution in [0.4, 0.5) is 5.69 Å². The Hall–Kier alpha value is -1.81. The maximum absolute atomic E-state index is 12.8. The Labute approximate surface area is 182 Å². The Morgan fingerprint density at radius 3 is 2.33 bits per heavy atom. The highest BCUT2D eigenvalue weighted by atomic mass is 35.5. The van der Waals surface area contributed by atoms with E-state index in [1.807, 2.05) is 0 Å². The van der Waals surface area contributed by atoms with E-state index in [9.17, 15) is 21.9 Å². The molecule has 0 heterocycles. The van der Waals surface area contributed by atoms with Crippen LogP contribution < -0.4 is 9.44 Å². The van der Waals surface area contributed by atoms with Crippen molar-refractivity contribution in [3.63, 3.8) is 0 Å². The standard InChI is InChI=1S/C20H25ClN2O5S2/c1-13-6-8-15(9-7-13)22-30(27,28)20-12-16(10-11-19(20)24)29(25,26)23-18-5-3-4-17(21)14(18)2/h3-5,10-13,15,22-24H,6-9H2,1-2H3. The summed E-state index contributed by atoms with van der Waals surface area (Å²) in [7, 11) is -8.20. The van der Waals surface area contributed by atoms with E-state index >= 15 is 0 Å². The monoisotopic (exact) mass is 472 g/mol. The molecular weight excluding hydrogens is 448 g/mol. The predicted octanol–water partition coefficient (Wildman–Crippen LogP) is 4.01. The van der Waals surface area contributed by atoms with Crippen LogP contribution >= 0.6 is 11.6 Å². The minimum Gasteiger partial charge on any atom is -0.507 e. The van der Waals surface area contributed by atoms with Crippen molar-refractivity contribution in [3.8, 4) is 5.75 Å².